The van der Waals surface area contributed by atoms with E-state index in [0.717, 1.165) is 40.4 Å². The molecule has 0 aliphatic heterocycles. The van der Waals surface area contributed by atoms with E-state index in [4.69, 9.17) is 16.0 Å². The third-order valence-corrected chi connectivity index (χ3v) is 4.14. The third kappa shape index (κ3) is 4.31. The highest BCUT2D eigenvalue weighted by Gasteiger charge is 2.10. The van der Waals surface area contributed by atoms with Gasteiger partial charge in [-0.3, -0.25) is 0 Å². The van der Waals surface area contributed by atoms with Crippen LogP contribution in [0.15, 0.2) is 52.0 Å². The van der Waals surface area contributed by atoms with Gasteiger partial charge in [-0.2, -0.15) is 0 Å². The summed E-state index contributed by atoms with van der Waals surface area (Å²) in [5.41, 5.74) is 3.06. The number of benzene rings is 1. The van der Waals surface area contributed by atoms with Crippen molar-refractivity contribution in [3.8, 4) is 0 Å². The van der Waals surface area contributed by atoms with Gasteiger partial charge in [0, 0.05) is 23.7 Å². The number of fused-ring (bicyclic) bond motifs is 1. The average Bonchev–Trinajstić information content (AvgIpc) is 2.95. The first kappa shape index (κ1) is 17.3. The fourth-order valence-corrected chi connectivity index (χ4v) is 2.68. The largest absolute Gasteiger partial charge is 0.459 e. The Kier molecular flexibility index (Phi) is 5.56. The number of halogens is 1. The molecule has 0 radical (unpaired) electrons. The lowest BCUT2D eigenvalue weighted by Gasteiger charge is -2.10. The van der Waals surface area contributed by atoms with E-state index < -0.39 is 0 Å². The number of nitrogens with one attached hydrogen (secondary N) is 2. The van der Waals surface area contributed by atoms with Crippen LogP contribution in [-0.4, -0.2) is 17.5 Å². The van der Waals surface area contributed by atoms with Gasteiger partial charge in [0.1, 0.15) is 16.5 Å². The molecule has 3 rings (SSSR count). The number of hydrogen-bond acceptors (Lipinski definition) is 3. The van der Waals surface area contributed by atoms with Crippen molar-refractivity contribution in [2.45, 2.75) is 26.9 Å². The van der Waals surface area contributed by atoms with E-state index in [1.165, 1.54) is 0 Å². The number of nitrogens with zero attached hydrogens (tertiary/aromatic N) is 2. The number of guanidine groups is 1. The zero-order valence-electron chi connectivity index (χ0n) is 14.3. The quantitative estimate of drug-likeness (QED) is 0.411. The van der Waals surface area contributed by atoms with Gasteiger partial charge >= 0.3 is 0 Å². The number of aromatic nitrogens is 1. The number of aliphatic imine (C=N–C) groups is 1. The summed E-state index contributed by atoms with van der Waals surface area (Å²) in [5, 5.41) is 8.19. The van der Waals surface area contributed by atoms with E-state index in [-0.39, 0.29) is 0 Å². The van der Waals surface area contributed by atoms with Crippen LogP contribution in [0.2, 0.25) is 5.15 Å². The number of aryl methyl sites for hydroxylation is 1. The van der Waals surface area contributed by atoms with E-state index in [9.17, 15) is 0 Å². The second kappa shape index (κ2) is 8.03. The minimum Gasteiger partial charge on any atom is -0.459 e. The molecule has 0 amide bonds. The van der Waals surface area contributed by atoms with Gasteiger partial charge in [-0.05, 0) is 31.5 Å². The topological polar surface area (TPSA) is 62.5 Å². The van der Waals surface area contributed by atoms with Gasteiger partial charge in [-0.1, -0.05) is 35.9 Å². The number of hydrogen-bond donors (Lipinski definition) is 2. The summed E-state index contributed by atoms with van der Waals surface area (Å²) in [6, 6.07) is 11.8. The lowest BCUT2D eigenvalue weighted by Crippen LogP contribution is -2.36. The SMILES string of the molecule is CCNC(=NCc1ccc(Cl)nc1)NCc1oc2ccccc2c1C. The lowest BCUT2D eigenvalue weighted by molar-refractivity contribution is 0.534. The maximum atomic E-state index is 5.93. The van der Waals surface area contributed by atoms with E-state index in [0.29, 0.717) is 18.2 Å². The highest BCUT2D eigenvalue weighted by molar-refractivity contribution is 6.29. The van der Waals surface area contributed by atoms with Crippen molar-refractivity contribution in [2.24, 2.45) is 4.99 Å². The Morgan fingerprint density at radius 2 is 2.04 bits per heavy atom. The Labute approximate surface area is 152 Å². The van der Waals surface area contributed by atoms with Gasteiger partial charge < -0.3 is 15.1 Å². The van der Waals surface area contributed by atoms with Crippen LogP contribution < -0.4 is 10.6 Å². The third-order valence-electron chi connectivity index (χ3n) is 3.91. The minimum absolute atomic E-state index is 0.484. The van der Waals surface area contributed by atoms with Gasteiger partial charge in [-0.15, -0.1) is 0 Å². The fraction of sp³-hybridized carbons (Fsp3) is 0.263. The minimum atomic E-state index is 0.484. The van der Waals surface area contributed by atoms with Crippen molar-refractivity contribution in [1.82, 2.24) is 15.6 Å². The zero-order chi connectivity index (χ0) is 17.6. The molecule has 0 atom stereocenters. The Bertz CT molecular complexity index is 871. The standard InChI is InChI=1S/C19H21ClN4O/c1-3-21-19(23-11-14-8-9-18(20)22-10-14)24-12-17-13(2)15-6-4-5-7-16(15)25-17/h4-10H,3,11-12H2,1-2H3,(H2,21,23,24). The lowest BCUT2D eigenvalue weighted by atomic mass is 10.1. The van der Waals surface area contributed by atoms with Crippen molar-refractivity contribution in [1.29, 1.82) is 0 Å². The monoisotopic (exact) mass is 356 g/mol. The van der Waals surface area contributed by atoms with Crippen molar-refractivity contribution < 1.29 is 4.42 Å². The Hall–Kier alpha value is -2.53. The molecule has 0 aliphatic rings. The summed E-state index contributed by atoms with van der Waals surface area (Å²) in [4.78, 5) is 8.65. The zero-order valence-corrected chi connectivity index (χ0v) is 15.1. The molecule has 0 spiro atoms. The summed E-state index contributed by atoms with van der Waals surface area (Å²) < 4.78 is 5.93. The number of pyridine rings is 1. The molecule has 6 heteroatoms. The van der Waals surface area contributed by atoms with E-state index in [2.05, 4.69) is 33.6 Å². The maximum absolute atomic E-state index is 5.93. The average molecular weight is 357 g/mol. The van der Waals surface area contributed by atoms with Gasteiger partial charge in [0.15, 0.2) is 5.96 Å². The van der Waals surface area contributed by atoms with Gasteiger partial charge in [0.05, 0.1) is 13.1 Å². The van der Waals surface area contributed by atoms with Crippen LogP contribution in [-0.2, 0) is 13.1 Å². The molecule has 0 fully saturated rings. The second-order valence-corrected chi connectivity index (χ2v) is 6.07. The summed E-state index contributed by atoms with van der Waals surface area (Å²) in [6.07, 6.45) is 1.73. The normalized spacial score (nSPS) is 11.7. The molecular weight excluding hydrogens is 336 g/mol. The van der Waals surface area contributed by atoms with Crippen LogP contribution in [0.5, 0.6) is 0 Å². The van der Waals surface area contributed by atoms with E-state index in [1.807, 2.05) is 31.2 Å². The molecule has 25 heavy (non-hydrogen) atoms. The molecule has 0 saturated carbocycles. The van der Waals surface area contributed by atoms with Crippen molar-refractivity contribution >= 4 is 28.5 Å². The second-order valence-electron chi connectivity index (χ2n) is 5.68. The number of furan rings is 1. The van der Waals surface area contributed by atoms with E-state index in [1.54, 1.807) is 12.3 Å². The fourth-order valence-electron chi connectivity index (χ4n) is 2.57. The molecule has 1 aromatic carbocycles. The number of para-hydroxylation sites is 1. The molecule has 0 unspecified atom stereocenters. The smallest absolute Gasteiger partial charge is 0.191 e. The Morgan fingerprint density at radius 3 is 2.76 bits per heavy atom. The first-order chi connectivity index (χ1) is 12.2. The van der Waals surface area contributed by atoms with Crippen LogP contribution in [0.4, 0.5) is 0 Å². The van der Waals surface area contributed by atoms with Crippen LogP contribution >= 0.6 is 11.6 Å². The van der Waals surface area contributed by atoms with Crippen LogP contribution in [0.3, 0.4) is 0 Å². The van der Waals surface area contributed by atoms with Gasteiger partial charge in [0.25, 0.3) is 0 Å². The van der Waals surface area contributed by atoms with Crippen LogP contribution in [0.25, 0.3) is 11.0 Å². The first-order valence-corrected chi connectivity index (χ1v) is 8.64. The van der Waals surface area contributed by atoms with Gasteiger partial charge in [0.2, 0.25) is 0 Å². The highest BCUT2D eigenvalue weighted by Crippen LogP contribution is 2.24. The van der Waals surface area contributed by atoms with Gasteiger partial charge in [-0.25, -0.2) is 9.98 Å². The first-order valence-electron chi connectivity index (χ1n) is 8.27. The van der Waals surface area contributed by atoms with E-state index >= 15 is 0 Å². The summed E-state index contributed by atoms with van der Waals surface area (Å²) >= 11 is 5.81. The molecular formula is C19H21ClN4O. The van der Waals surface area contributed by atoms with Crippen molar-refractivity contribution in [3.05, 3.63) is 64.6 Å². The molecule has 2 N–H and O–H groups in total. The molecule has 0 bridgehead atoms. The van der Waals surface area contributed by atoms with Crippen molar-refractivity contribution in [2.75, 3.05) is 6.54 Å². The van der Waals surface area contributed by atoms with Crippen LogP contribution in [0.1, 0.15) is 23.8 Å². The molecule has 2 aromatic heterocycles. The molecule has 3 aromatic rings. The maximum Gasteiger partial charge on any atom is 0.191 e. The van der Waals surface area contributed by atoms with Crippen LogP contribution in [0, 0.1) is 6.92 Å². The molecule has 2 heterocycles. The molecule has 0 saturated heterocycles. The molecule has 0 aliphatic carbocycles. The summed E-state index contributed by atoms with van der Waals surface area (Å²) in [5.74, 6) is 1.65. The Morgan fingerprint density at radius 1 is 1.20 bits per heavy atom. The molecule has 5 nitrogen and oxygen atoms in total. The predicted molar refractivity (Wildman–Crippen MR) is 102 cm³/mol. The highest BCUT2D eigenvalue weighted by atomic mass is 35.5. The van der Waals surface area contributed by atoms with Crippen molar-refractivity contribution in [3.63, 3.8) is 0 Å². The summed E-state index contributed by atoms with van der Waals surface area (Å²) in [6.45, 7) is 5.99. The Balaban J connectivity index is 1.69. The predicted octanol–water partition coefficient (Wildman–Crippen LogP) is 4.04. The summed E-state index contributed by atoms with van der Waals surface area (Å²) in [7, 11) is 0. The number of rotatable bonds is 5. The molecule has 130 valence electrons.